The number of nitrogens with two attached hydrogens (primary N) is 1. The maximum Gasteiger partial charge on any atom is 0.279 e. The maximum absolute atomic E-state index is 12.4. The van der Waals surface area contributed by atoms with E-state index in [1.54, 1.807) is 0 Å². The predicted octanol–water partition coefficient (Wildman–Crippen LogP) is 3.59. The molecule has 132 valence electrons. The molecule has 0 saturated carbocycles. The van der Waals surface area contributed by atoms with E-state index in [2.05, 4.69) is 54.0 Å². The molecule has 0 spiro atoms. The number of hydrogen-bond acceptors (Lipinski definition) is 1. The zero-order valence-electron chi connectivity index (χ0n) is 15.3. The Labute approximate surface area is 155 Å². The Balaban J connectivity index is 1.73. The first-order valence-corrected chi connectivity index (χ1v) is 8.94. The predicted molar refractivity (Wildman–Crippen MR) is 106 cm³/mol. The molecule has 3 aromatic rings. The number of anilines is 1. The summed E-state index contributed by atoms with van der Waals surface area (Å²) in [7, 11) is 0. The van der Waals surface area contributed by atoms with Crippen molar-refractivity contribution in [2.24, 2.45) is 0 Å². The van der Waals surface area contributed by atoms with Crippen molar-refractivity contribution in [3.8, 4) is 0 Å². The highest BCUT2D eigenvalue weighted by molar-refractivity contribution is 5.92. The average Bonchev–Trinajstić information content (AvgIpc) is 2.66. The topological polar surface area (TPSA) is 45.7 Å². The second kappa shape index (κ2) is 8.45. The Hall–Kier alpha value is -2.91. The molecule has 3 nitrogen and oxygen atoms in total. The van der Waals surface area contributed by atoms with Gasteiger partial charge in [0.25, 0.3) is 5.91 Å². The van der Waals surface area contributed by atoms with E-state index in [9.17, 15) is 4.79 Å². The molecule has 1 atom stereocenters. The number of carbonyl (C=O) groups is 1. The van der Waals surface area contributed by atoms with Crippen molar-refractivity contribution in [1.82, 2.24) is 0 Å². The molecule has 0 aliphatic rings. The standard InChI is InChI=1S/C23H24N2O/c1-17-12-14-20(15-13-17)23(19-9-4-3-5-10-19)24-16-22(26)25-21-11-7-6-8-18(21)2/h3-15,23-24H,16H2,1-2H3,(H,25,26)/p+1/t23-/m1/s1. The van der Waals surface area contributed by atoms with Gasteiger partial charge < -0.3 is 10.6 Å². The van der Waals surface area contributed by atoms with Gasteiger partial charge in [-0.2, -0.15) is 0 Å². The molecular formula is C23H25N2O+. The molecule has 0 saturated heterocycles. The van der Waals surface area contributed by atoms with E-state index in [-0.39, 0.29) is 11.9 Å². The second-order valence-electron chi connectivity index (χ2n) is 6.60. The van der Waals surface area contributed by atoms with Gasteiger partial charge >= 0.3 is 0 Å². The number of quaternary nitrogens is 1. The first-order chi connectivity index (χ1) is 12.6. The smallest absolute Gasteiger partial charge is 0.279 e. The SMILES string of the molecule is Cc1ccc([C@H]([NH2+]CC(=O)Nc2ccccc2C)c2ccccc2)cc1. The first kappa shape index (κ1) is 17.9. The number of nitrogens with one attached hydrogen (secondary N) is 1. The van der Waals surface area contributed by atoms with Crippen molar-refractivity contribution < 1.29 is 10.1 Å². The molecule has 3 N–H and O–H groups in total. The van der Waals surface area contributed by atoms with Crippen molar-refractivity contribution in [2.45, 2.75) is 19.9 Å². The second-order valence-corrected chi connectivity index (χ2v) is 6.60. The van der Waals surface area contributed by atoms with Crippen molar-refractivity contribution in [3.63, 3.8) is 0 Å². The molecule has 1 amide bonds. The van der Waals surface area contributed by atoms with Gasteiger partial charge in [0.05, 0.1) is 0 Å². The number of benzene rings is 3. The first-order valence-electron chi connectivity index (χ1n) is 8.94. The van der Waals surface area contributed by atoms with Crippen LogP contribution in [0.25, 0.3) is 0 Å². The lowest BCUT2D eigenvalue weighted by atomic mass is 9.98. The lowest BCUT2D eigenvalue weighted by Gasteiger charge is -2.17. The summed E-state index contributed by atoms with van der Waals surface area (Å²) in [5.74, 6) is 0.00680. The largest absolute Gasteiger partial charge is 0.328 e. The molecule has 0 fully saturated rings. The minimum absolute atomic E-state index is 0.00680. The molecule has 3 heteroatoms. The van der Waals surface area contributed by atoms with Gasteiger partial charge in [-0.25, -0.2) is 0 Å². The molecule has 26 heavy (non-hydrogen) atoms. The summed E-state index contributed by atoms with van der Waals surface area (Å²) < 4.78 is 0. The van der Waals surface area contributed by atoms with E-state index in [1.165, 1.54) is 16.7 Å². The Morgan fingerprint density at radius 3 is 2.15 bits per heavy atom. The molecule has 3 rings (SSSR count). The van der Waals surface area contributed by atoms with Crippen molar-refractivity contribution >= 4 is 11.6 Å². The highest BCUT2D eigenvalue weighted by Gasteiger charge is 2.19. The van der Waals surface area contributed by atoms with E-state index < -0.39 is 0 Å². The van der Waals surface area contributed by atoms with E-state index in [0.717, 1.165) is 11.3 Å². The third-order valence-electron chi connectivity index (χ3n) is 4.55. The van der Waals surface area contributed by atoms with Crippen LogP contribution in [-0.4, -0.2) is 12.5 Å². The van der Waals surface area contributed by atoms with Crippen LogP contribution in [0.3, 0.4) is 0 Å². The number of carbonyl (C=O) groups excluding carboxylic acids is 1. The summed E-state index contributed by atoms with van der Waals surface area (Å²) in [6.07, 6.45) is 0. The van der Waals surface area contributed by atoms with Gasteiger partial charge in [0.15, 0.2) is 6.54 Å². The van der Waals surface area contributed by atoms with Crippen molar-refractivity contribution in [1.29, 1.82) is 0 Å². The van der Waals surface area contributed by atoms with E-state index in [1.807, 2.05) is 49.4 Å². The van der Waals surface area contributed by atoms with Gasteiger partial charge in [-0.1, -0.05) is 78.4 Å². The van der Waals surface area contributed by atoms with Crippen LogP contribution in [0, 0.1) is 13.8 Å². The van der Waals surface area contributed by atoms with Gasteiger partial charge in [-0.05, 0) is 25.5 Å². The fourth-order valence-electron chi connectivity index (χ4n) is 3.04. The fraction of sp³-hybridized carbons (Fsp3) is 0.174. The Morgan fingerprint density at radius 1 is 0.846 bits per heavy atom. The van der Waals surface area contributed by atoms with Crippen LogP contribution in [0.15, 0.2) is 78.9 Å². The maximum atomic E-state index is 12.4. The summed E-state index contributed by atoms with van der Waals surface area (Å²) in [4.78, 5) is 12.4. The van der Waals surface area contributed by atoms with Gasteiger partial charge in [0.1, 0.15) is 6.04 Å². The van der Waals surface area contributed by atoms with Gasteiger partial charge in [-0.3, -0.25) is 4.79 Å². The zero-order valence-corrected chi connectivity index (χ0v) is 15.3. The average molecular weight is 345 g/mol. The van der Waals surface area contributed by atoms with Gasteiger partial charge in [0.2, 0.25) is 0 Å². The zero-order chi connectivity index (χ0) is 18.4. The summed E-state index contributed by atoms with van der Waals surface area (Å²) >= 11 is 0. The number of rotatable bonds is 6. The van der Waals surface area contributed by atoms with Crippen LogP contribution in [0.4, 0.5) is 5.69 Å². The summed E-state index contributed by atoms with van der Waals surface area (Å²) in [5, 5.41) is 5.10. The minimum Gasteiger partial charge on any atom is -0.328 e. The van der Waals surface area contributed by atoms with Gasteiger partial charge in [0, 0.05) is 16.8 Å². The molecule has 0 bridgehead atoms. The summed E-state index contributed by atoms with van der Waals surface area (Å²) in [5.41, 5.74) is 5.57. The Kier molecular flexibility index (Phi) is 5.82. The quantitative estimate of drug-likeness (QED) is 0.704. The molecule has 0 aliphatic carbocycles. The highest BCUT2D eigenvalue weighted by Crippen LogP contribution is 2.18. The number of amides is 1. The Bertz CT molecular complexity index is 857. The third-order valence-corrected chi connectivity index (χ3v) is 4.55. The molecule has 0 aromatic heterocycles. The molecule has 0 aliphatic heterocycles. The van der Waals surface area contributed by atoms with Crippen LogP contribution in [0.1, 0.15) is 28.3 Å². The fourth-order valence-corrected chi connectivity index (χ4v) is 3.04. The summed E-state index contributed by atoms with van der Waals surface area (Å²) in [6, 6.07) is 26.8. The van der Waals surface area contributed by atoms with E-state index in [4.69, 9.17) is 0 Å². The molecule has 3 aromatic carbocycles. The highest BCUT2D eigenvalue weighted by atomic mass is 16.1. The van der Waals surface area contributed by atoms with Crippen molar-refractivity contribution in [3.05, 3.63) is 101 Å². The molecular weight excluding hydrogens is 320 g/mol. The van der Waals surface area contributed by atoms with Crippen LogP contribution in [0.2, 0.25) is 0 Å². The molecule has 0 unspecified atom stereocenters. The van der Waals surface area contributed by atoms with Gasteiger partial charge in [-0.15, -0.1) is 0 Å². The minimum atomic E-state index is 0.00680. The van der Waals surface area contributed by atoms with E-state index in [0.29, 0.717) is 6.54 Å². The van der Waals surface area contributed by atoms with Crippen molar-refractivity contribution in [2.75, 3.05) is 11.9 Å². The molecule has 0 heterocycles. The number of aryl methyl sites for hydroxylation is 2. The molecule has 0 radical (unpaired) electrons. The van der Waals surface area contributed by atoms with Crippen LogP contribution >= 0.6 is 0 Å². The van der Waals surface area contributed by atoms with Crippen LogP contribution in [-0.2, 0) is 4.79 Å². The van der Waals surface area contributed by atoms with E-state index >= 15 is 0 Å². The summed E-state index contributed by atoms with van der Waals surface area (Å²) in [6.45, 7) is 4.45. The van der Waals surface area contributed by atoms with Crippen LogP contribution in [0.5, 0.6) is 0 Å². The monoisotopic (exact) mass is 345 g/mol. The third kappa shape index (κ3) is 4.58. The van der Waals surface area contributed by atoms with Crippen LogP contribution < -0.4 is 10.6 Å². The lowest BCUT2D eigenvalue weighted by molar-refractivity contribution is -0.676. The number of para-hydroxylation sites is 1. The lowest BCUT2D eigenvalue weighted by Crippen LogP contribution is -2.87. The number of hydrogen-bond donors (Lipinski definition) is 2. The normalized spacial score (nSPS) is 11.8. The Morgan fingerprint density at radius 2 is 1.46 bits per heavy atom.